The SMILES string of the molecule is C[C@H]1CC(CC#N)CN1C(=O)OC(C)(C)C. The molecule has 1 fully saturated rings. The van der Waals surface area contributed by atoms with Gasteiger partial charge in [-0.05, 0) is 40.0 Å². The number of nitriles is 1. The van der Waals surface area contributed by atoms with Gasteiger partial charge in [-0.25, -0.2) is 4.79 Å². The van der Waals surface area contributed by atoms with Crippen LogP contribution in [0.25, 0.3) is 0 Å². The van der Waals surface area contributed by atoms with Crippen molar-refractivity contribution in [3.63, 3.8) is 0 Å². The molecule has 0 N–H and O–H groups in total. The van der Waals surface area contributed by atoms with Gasteiger partial charge in [0.2, 0.25) is 0 Å². The fourth-order valence-electron chi connectivity index (χ4n) is 1.99. The van der Waals surface area contributed by atoms with Gasteiger partial charge < -0.3 is 9.64 Å². The van der Waals surface area contributed by atoms with Crippen molar-refractivity contribution in [2.75, 3.05) is 6.54 Å². The zero-order valence-electron chi connectivity index (χ0n) is 10.5. The first kappa shape index (κ1) is 12.8. The summed E-state index contributed by atoms with van der Waals surface area (Å²) in [5, 5.41) is 8.64. The van der Waals surface area contributed by atoms with Crippen LogP contribution < -0.4 is 0 Å². The summed E-state index contributed by atoms with van der Waals surface area (Å²) in [4.78, 5) is 13.6. The maximum absolute atomic E-state index is 11.8. The summed E-state index contributed by atoms with van der Waals surface area (Å²) in [5.74, 6) is 0.299. The van der Waals surface area contributed by atoms with E-state index in [1.165, 1.54) is 0 Å². The molecule has 0 aromatic rings. The molecule has 16 heavy (non-hydrogen) atoms. The zero-order chi connectivity index (χ0) is 12.3. The van der Waals surface area contributed by atoms with Gasteiger partial charge >= 0.3 is 6.09 Å². The Morgan fingerprint density at radius 3 is 2.69 bits per heavy atom. The van der Waals surface area contributed by atoms with E-state index in [1.807, 2.05) is 27.7 Å². The van der Waals surface area contributed by atoms with Crippen LogP contribution in [0, 0.1) is 17.2 Å². The maximum atomic E-state index is 11.8. The van der Waals surface area contributed by atoms with Crippen molar-refractivity contribution in [3.8, 4) is 6.07 Å². The van der Waals surface area contributed by atoms with E-state index in [4.69, 9.17) is 10.00 Å². The molecule has 90 valence electrons. The molecule has 1 saturated heterocycles. The Morgan fingerprint density at radius 2 is 2.19 bits per heavy atom. The molecule has 0 aromatic heterocycles. The van der Waals surface area contributed by atoms with E-state index in [9.17, 15) is 4.79 Å². The predicted octanol–water partition coefficient (Wildman–Crippen LogP) is 2.55. The number of hydrogen-bond donors (Lipinski definition) is 0. The average Bonchev–Trinajstić information content (AvgIpc) is 2.44. The summed E-state index contributed by atoms with van der Waals surface area (Å²) < 4.78 is 5.32. The van der Waals surface area contributed by atoms with Gasteiger partial charge in [0.05, 0.1) is 6.07 Å². The molecule has 1 amide bonds. The minimum absolute atomic E-state index is 0.174. The van der Waals surface area contributed by atoms with Crippen LogP contribution in [0.4, 0.5) is 4.79 Å². The minimum Gasteiger partial charge on any atom is -0.444 e. The molecule has 0 aromatic carbocycles. The van der Waals surface area contributed by atoms with Crippen LogP contribution in [-0.4, -0.2) is 29.2 Å². The van der Waals surface area contributed by atoms with E-state index in [-0.39, 0.29) is 12.1 Å². The summed E-state index contributed by atoms with van der Waals surface area (Å²) in [7, 11) is 0. The largest absolute Gasteiger partial charge is 0.444 e. The third-order valence-electron chi connectivity index (χ3n) is 2.67. The normalized spacial score (nSPS) is 25.3. The summed E-state index contributed by atoms with van der Waals surface area (Å²) >= 11 is 0. The molecule has 0 bridgehead atoms. The molecule has 0 spiro atoms. The number of carbonyl (C=O) groups is 1. The third kappa shape index (κ3) is 3.41. The topological polar surface area (TPSA) is 53.3 Å². The highest BCUT2D eigenvalue weighted by Gasteiger charge is 2.34. The molecular weight excluding hydrogens is 204 g/mol. The second kappa shape index (κ2) is 4.73. The lowest BCUT2D eigenvalue weighted by atomic mass is 10.0. The Hall–Kier alpha value is -1.24. The van der Waals surface area contributed by atoms with Gasteiger partial charge in [-0.1, -0.05) is 0 Å². The predicted molar refractivity (Wildman–Crippen MR) is 60.7 cm³/mol. The van der Waals surface area contributed by atoms with E-state index < -0.39 is 5.60 Å². The standard InChI is InChI=1S/C12H20N2O2/c1-9-7-10(5-6-13)8-14(9)11(15)16-12(2,3)4/h9-10H,5,7-8H2,1-4H3/t9-,10?/m0/s1. The Bertz CT molecular complexity index is 301. The molecule has 4 heteroatoms. The summed E-state index contributed by atoms with van der Waals surface area (Å²) in [6.07, 6.45) is 1.15. The number of nitrogens with zero attached hydrogens (tertiary/aromatic N) is 2. The van der Waals surface area contributed by atoms with Crippen molar-refractivity contribution < 1.29 is 9.53 Å². The van der Waals surface area contributed by atoms with Gasteiger partial charge in [0.25, 0.3) is 0 Å². The molecule has 0 saturated carbocycles. The van der Waals surface area contributed by atoms with Crippen LogP contribution in [0.3, 0.4) is 0 Å². The molecule has 1 unspecified atom stereocenters. The summed E-state index contributed by atoms with van der Waals surface area (Å²) in [5.41, 5.74) is -0.454. The quantitative estimate of drug-likeness (QED) is 0.687. The Morgan fingerprint density at radius 1 is 1.56 bits per heavy atom. The van der Waals surface area contributed by atoms with Crippen molar-refractivity contribution >= 4 is 6.09 Å². The minimum atomic E-state index is -0.454. The van der Waals surface area contributed by atoms with E-state index in [0.717, 1.165) is 6.42 Å². The Balaban J connectivity index is 2.55. The van der Waals surface area contributed by atoms with Crippen LogP contribution in [0.1, 0.15) is 40.5 Å². The van der Waals surface area contributed by atoms with E-state index in [0.29, 0.717) is 18.9 Å². The van der Waals surface area contributed by atoms with Crippen molar-refractivity contribution in [1.82, 2.24) is 4.90 Å². The second-order valence-corrected chi connectivity index (χ2v) is 5.45. The van der Waals surface area contributed by atoms with Gasteiger partial charge in [0, 0.05) is 19.0 Å². The van der Waals surface area contributed by atoms with Crippen molar-refractivity contribution in [3.05, 3.63) is 0 Å². The third-order valence-corrected chi connectivity index (χ3v) is 2.67. The molecule has 4 nitrogen and oxygen atoms in total. The average molecular weight is 224 g/mol. The molecule has 1 aliphatic heterocycles. The highest BCUT2D eigenvalue weighted by atomic mass is 16.6. The summed E-state index contributed by atoms with van der Waals surface area (Å²) in [6, 6.07) is 2.33. The Kier molecular flexibility index (Phi) is 3.79. The molecule has 1 aliphatic rings. The lowest BCUT2D eigenvalue weighted by molar-refractivity contribution is 0.0234. The second-order valence-electron chi connectivity index (χ2n) is 5.45. The van der Waals surface area contributed by atoms with E-state index in [1.54, 1.807) is 4.90 Å². The van der Waals surface area contributed by atoms with Gasteiger partial charge in [0.1, 0.15) is 5.60 Å². The van der Waals surface area contributed by atoms with Crippen LogP contribution >= 0.6 is 0 Å². The lowest BCUT2D eigenvalue weighted by Gasteiger charge is -2.26. The first-order valence-electron chi connectivity index (χ1n) is 5.70. The lowest BCUT2D eigenvalue weighted by Crippen LogP contribution is -2.38. The van der Waals surface area contributed by atoms with Crippen LogP contribution in [-0.2, 0) is 4.74 Å². The summed E-state index contributed by atoms with van der Waals surface area (Å²) in [6.45, 7) is 8.22. The van der Waals surface area contributed by atoms with Gasteiger partial charge in [-0.2, -0.15) is 5.26 Å². The van der Waals surface area contributed by atoms with Crippen molar-refractivity contribution in [2.24, 2.45) is 5.92 Å². The van der Waals surface area contributed by atoms with E-state index in [2.05, 4.69) is 6.07 Å². The molecule has 1 heterocycles. The number of rotatable bonds is 1. The van der Waals surface area contributed by atoms with Gasteiger partial charge in [-0.3, -0.25) is 0 Å². The van der Waals surface area contributed by atoms with E-state index >= 15 is 0 Å². The fraction of sp³-hybridized carbons (Fsp3) is 0.833. The number of ether oxygens (including phenoxy) is 1. The van der Waals surface area contributed by atoms with Crippen molar-refractivity contribution in [1.29, 1.82) is 5.26 Å². The first-order chi connectivity index (χ1) is 7.33. The highest BCUT2D eigenvalue weighted by Crippen LogP contribution is 2.26. The zero-order valence-corrected chi connectivity index (χ0v) is 10.5. The monoisotopic (exact) mass is 224 g/mol. The maximum Gasteiger partial charge on any atom is 0.410 e. The van der Waals surface area contributed by atoms with Crippen molar-refractivity contribution in [2.45, 2.75) is 52.2 Å². The molecule has 0 radical (unpaired) electrons. The van der Waals surface area contributed by atoms with Crippen LogP contribution in [0.15, 0.2) is 0 Å². The Labute approximate surface area is 97.2 Å². The number of likely N-dealkylation sites (tertiary alicyclic amines) is 1. The van der Waals surface area contributed by atoms with Gasteiger partial charge in [-0.15, -0.1) is 0 Å². The van der Waals surface area contributed by atoms with Gasteiger partial charge in [0.15, 0.2) is 0 Å². The molecular formula is C12H20N2O2. The van der Waals surface area contributed by atoms with Crippen LogP contribution in [0.5, 0.6) is 0 Å². The molecule has 1 rings (SSSR count). The number of carbonyl (C=O) groups excluding carboxylic acids is 1. The number of amides is 1. The molecule has 2 atom stereocenters. The highest BCUT2D eigenvalue weighted by molar-refractivity contribution is 5.68. The number of hydrogen-bond acceptors (Lipinski definition) is 3. The molecule has 0 aliphatic carbocycles. The first-order valence-corrected chi connectivity index (χ1v) is 5.70. The van der Waals surface area contributed by atoms with Crippen LogP contribution in [0.2, 0.25) is 0 Å². The smallest absolute Gasteiger partial charge is 0.410 e. The fourth-order valence-corrected chi connectivity index (χ4v) is 1.99.